The van der Waals surface area contributed by atoms with Crippen LogP contribution in [0.25, 0.3) is 6.08 Å². The van der Waals surface area contributed by atoms with Gasteiger partial charge in [-0.2, -0.15) is 0 Å². The number of likely N-dealkylation sites (N-methyl/N-ethyl adjacent to an activating group) is 1. The molecule has 10 heteroatoms. The van der Waals surface area contributed by atoms with Crippen LogP contribution in [0.5, 0.6) is 5.75 Å². The molecule has 0 N–H and O–H groups in total. The number of amidine groups is 1. The molecule has 0 unspecified atom stereocenters. The molecule has 0 aliphatic carbocycles. The molecule has 0 bridgehead atoms. The summed E-state index contributed by atoms with van der Waals surface area (Å²) in [5.74, 6) is 0.453. The zero-order chi connectivity index (χ0) is 28.1. The molecule has 2 amide bonds. The second-order valence-electron chi connectivity index (χ2n) is 9.08. The van der Waals surface area contributed by atoms with E-state index in [0.717, 1.165) is 11.1 Å². The first kappa shape index (κ1) is 28.2. The molecule has 7 nitrogen and oxygen atoms in total. The Kier molecular flexibility index (Phi) is 9.11. The highest BCUT2D eigenvalue weighted by Crippen LogP contribution is 2.36. The van der Waals surface area contributed by atoms with E-state index in [-0.39, 0.29) is 11.8 Å². The molecular weight excluding hydrogens is 569 g/mol. The van der Waals surface area contributed by atoms with E-state index in [2.05, 4.69) is 0 Å². The van der Waals surface area contributed by atoms with E-state index in [1.165, 1.54) is 11.8 Å². The summed E-state index contributed by atoms with van der Waals surface area (Å²) in [6.07, 6.45) is 1.82. The van der Waals surface area contributed by atoms with E-state index in [1.54, 1.807) is 34.1 Å². The molecule has 3 aromatic rings. The average Bonchev–Trinajstić information content (AvgIpc) is 3.27. The monoisotopic (exact) mass is 595 g/mol. The van der Waals surface area contributed by atoms with Crippen molar-refractivity contribution in [3.63, 3.8) is 0 Å². The molecule has 5 rings (SSSR count). The van der Waals surface area contributed by atoms with E-state index < -0.39 is 0 Å². The number of ether oxygens (including phenoxy) is 2. The molecule has 40 heavy (non-hydrogen) atoms. The van der Waals surface area contributed by atoms with Gasteiger partial charge >= 0.3 is 0 Å². The number of carbonyl (C=O) groups is 2. The predicted octanol–water partition coefficient (Wildman–Crippen LogP) is 6.67. The number of carbonyl (C=O) groups excluding carboxylic acids is 2. The Morgan fingerprint density at radius 1 is 1.05 bits per heavy atom. The maximum Gasteiger partial charge on any atom is 0.266 e. The smallest absolute Gasteiger partial charge is 0.266 e. The van der Waals surface area contributed by atoms with Gasteiger partial charge in [0.05, 0.1) is 33.9 Å². The van der Waals surface area contributed by atoms with Crippen molar-refractivity contribution in [2.75, 3.05) is 32.8 Å². The molecule has 0 radical (unpaired) electrons. The number of amides is 2. The first-order chi connectivity index (χ1) is 19.4. The largest absolute Gasteiger partial charge is 0.488 e. The summed E-state index contributed by atoms with van der Waals surface area (Å²) >= 11 is 13.5. The Hall–Kier alpha value is -3.30. The van der Waals surface area contributed by atoms with Crippen LogP contribution in [-0.2, 0) is 16.1 Å². The molecule has 0 atom stereocenters. The standard InChI is InChI=1S/C30H27Cl2N3O4S/c1-2-35-29(37)27(18-21-6-3-4-9-26(21)39-19-20-10-11-24(31)25(32)16-20)40-30(35)33-23-8-5-7-22(17-23)28(36)34-12-14-38-15-13-34/h3-11,16-18H,2,12-15,19H2,1H3/b27-18+,33-30?. The topological polar surface area (TPSA) is 71.4 Å². The van der Waals surface area contributed by atoms with Gasteiger partial charge in [-0.15, -0.1) is 0 Å². The third kappa shape index (κ3) is 6.53. The van der Waals surface area contributed by atoms with Crippen LogP contribution in [0.15, 0.2) is 76.6 Å². The normalized spacial score (nSPS) is 17.6. The van der Waals surface area contributed by atoms with E-state index in [1.807, 2.05) is 55.5 Å². The molecule has 0 saturated carbocycles. The van der Waals surface area contributed by atoms with Crippen molar-refractivity contribution in [1.29, 1.82) is 0 Å². The van der Waals surface area contributed by atoms with E-state index in [9.17, 15) is 9.59 Å². The molecule has 0 aromatic heterocycles. The molecule has 0 spiro atoms. The third-order valence-electron chi connectivity index (χ3n) is 6.40. The fraction of sp³-hybridized carbons (Fsp3) is 0.233. The summed E-state index contributed by atoms with van der Waals surface area (Å²) in [6.45, 7) is 4.88. The predicted molar refractivity (Wildman–Crippen MR) is 160 cm³/mol. The van der Waals surface area contributed by atoms with Crippen molar-refractivity contribution in [3.8, 4) is 5.75 Å². The number of nitrogens with zero attached hydrogens (tertiary/aromatic N) is 3. The van der Waals surface area contributed by atoms with Crippen molar-refractivity contribution in [1.82, 2.24) is 9.80 Å². The summed E-state index contributed by atoms with van der Waals surface area (Å²) < 4.78 is 11.4. The summed E-state index contributed by atoms with van der Waals surface area (Å²) in [5.41, 5.74) is 2.82. The summed E-state index contributed by atoms with van der Waals surface area (Å²) in [7, 11) is 0. The van der Waals surface area contributed by atoms with E-state index in [4.69, 9.17) is 37.7 Å². The fourth-order valence-corrected chi connectivity index (χ4v) is 5.68. The number of rotatable bonds is 7. The zero-order valence-corrected chi connectivity index (χ0v) is 24.1. The molecule has 2 fully saturated rings. The minimum Gasteiger partial charge on any atom is -0.488 e. The molecule has 3 aromatic carbocycles. The Morgan fingerprint density at radius 2 is 1.85 bits per heavy atom. The quantitative estimate of drug-likeness (QED) is 0.285. The van der Waals surface area contributed by atoms with Crippen LogP contribution in [0.2, 0.25) is 10.0 Å². The van der Waals surface area contributed by atoms with Gasteiger partial charge in [-0.3, -0.25) is 14.5 Å². The van der Waals surface area contributed by atoms with Gasteiger partial charge < -0.3 is 14.4 Å². The zero-order valence-electron chi connectivity index (χ0n) is 21.8. The highest BCUT2D eigenvalue weighted by atomic mass is 35.5. The second-order valence-corrected chi connectivity index (χ2v) is 10.9. The lowest BCUT2D eigenvalue weighted by Crippen LogP contribution is -2.40. The first-order valence-electron chi connectivity index (χ1n) is 12.9. The number of thioether (sulfide) groups is 1. The van der Waals surface area contributed by atoms with Crippen molar-refractivity contribution in [2.45, 2.75) is 13.5 Å². The van der Waals surface area contributed by atoms with Crippen LogP contribution in [0.3, 0.4) is 0 Å². The van der Waals surface area contributed by atoms with E-state index in [0.29, 0.717) is 76.6 Å². The first-order valence-corrected chi connectivity index (χ1v) is 14.4. The van der Waals surface area contributed by atoms with Crippen LogP contribution in [0, 0.1) is 0 Å². The lowest BCUT2D eigenvalue weighted by Gasteiger charge is -2.26. The SMILES string of the molecule is CCN1C(=O)/C(=C\c2ccccc2OCc2ccc(Cl)c(Cl)c2)SC1=Nc1cccc(C(=O)N2CCOCC2)c1. The third-order valence-corrected chi connectivity index (χ3v) is 8.15. The lowest BCUT2D eigenvalue weighted by atomic mass is 10.1. The minimum absolute atomic E-state index is 0.0501. The molecule has 206 valence electrons. The van der Waals surface area contributed by atoms with Crippen LogP contribution in [-0.4, -0.2) is 59.6 Å². The van der Waals surface area contributed by atoms with Gasteiger partial charge in [0.25, 0.3) is 11.8 Å². The van der Waals surface area contributed by atoms with Crippen molar-refractivity contribution in [2.24, 2.45) is 4.99 Å². The summed E-state index contributed by atoms with van der Waals surface area (Å²) in [5, 5.41) is 1.51. The number of hydrogen-bond donors (Lipinski definition) is 0. The molecule has 2 saturated heterocycles. The lowest BCUT2D eigenvalue weighted by molar-refractivity contribution is -0.122. The molecule has 2 aliphatic rings. The maximum atomic E-state index is 13.3. The number of morpholine rings is 1. The second kappa shape index (κ2) is 12.9. The Balaban J connectivity index is 1.36. The van der Waals surface area contributed by atoms with Crippen molar-refractivity contribution in [3.05, 3.63) is 98.4 Å². The van der Waals surface area contributed by atoms with Gasteiger partial charge in [0.1, 0.15) is 12.4 Å². The molecule has 2 heterocycles. The highest BCUT2D eigenvalue weighted by molar-refractivity contribution is 8.18. The number of halogens is 2. The van der Waals surface area contributed by atoms with Crippen LogP contribution >= 0.6 is 35.0 Å². The highest BCUT2D eigenvalue weighted by Gasteiger charge is 2.32. The molecule has 2 aliphatic heterocycles. The van der Waals surface area contributed by atoms with Crippen LogP contribution in [0.4, 0.5) is 5.69 Å². The van der Waals surface area contributed by atoms with Crippen LogP contribution < -0.4 is 4.74 Å². The maximum absolute atomic E-state index is 13.3. The minimum atomic E-state index is -0.133. The number of benzene rings is 3. The van der Waals surface area contributed by atoms with E-state index >= 15 is 0 Å². The van der Waals surface area contributed by atoms with Gasteiger partial charge in [0, 0.05) is 30.8 Å². The van der Waals surface area contributed by atoms with Gasteiger partial charge in [-0.25, -0.2) is 4.99 Å². The number of aliphatic imine (C=N–C) groups is 1. The van der Waals surface area contributed by atoms with Gasteiger partial charge in [-0.05, 0) is 66.7 Å². The number of para-hydroxylation sites is 1. The average molecular weight is 597 g/mol. The summed E-state index contributed by atoms with van der Waals surface area (Å²) in [4.78, 5) is 34.9. The van der Waals surface area contributed by atoms with Gasteiger partial charge in [0.2, 0.25) is 0 Å². The Bertz CT molecular complexity index is 1490. The Morgan fingerprint density at radius 3 is 2.62 bits per heavy atom. The fourth-order valence-electron chi connectivity index (χ4n) is 4.30. The van der Waals surface area contributed by atoms with Gasteiger partial charge in [-0.1, -0.05) is 53.5 Å². The van der Waals surface area contributed by atoms with Gasteiger partial charge in [0.15, 0.2) is 5.17 Å². The van der Waals surface area contributed by atoms with Crippen molar-refractivity contribution >= 4 is 63.7 Å². The van der Waals surface area contributed by atoms with Crippen LogP contribution in [0.1, 0.15) is 28.4 Å². The number of hydrogen-bond acceptors (Lipinski definition) is 6. The molecular formula is C30H27Cl2N3O4S. The van der Waals surface area contributed by atoms with Crippen molar-refractivity contribution < 1.29 is 19.1 Å². The summed E-state index contributed by atoms with van der Waals surface area (Å²) in [6, 6.07) is 20.1. The Labute approximate surface area is 247 Å².